The van der Waals surface area contributed by atoms with Crippen molar-refractivity contribution in [1.82, 2.24) is 10.6 Å². The van der Waals surface area contributed by atoms with E-state index in [1.807, 2.05) is 32.0 Å². The maximum Gasteiger partial charge on any atom is 0.319 e. The van der Waals surface area contributed by atoms with E-state index in [9.17, 15) is 9.59 Å². The maximum atomic E-state index is 11.5. The summed E-state index contributed by atoms with van der Waals surface area (Å²) in [5.74, 6) is -0.0524. The first-order valence-electron chi connectivity index (χ1n) is 5.97. The molecule has 1 rings (SSSR count). The van der Waals surface area contributed by atoms with Crippen LogP contribution in [0.15, 0.2) is 30.3 Å². The van der Waals surface area contributed by atoms with Crippen LogP contribution >= 0.6 is 0 Å². The lowest BCUT2D eigenvalue weighted by atomic mass is 10.2. The van der Waals surface area contributed by atoms with E-state index in [1.165, 1.54) is 0 Å². The van der Waals surface area contributed by atoms with Crippen LogP contribution < -0.4 is 16.0 Å². The molecule has 0 atom stereocenters. The molecule has 5 nitrogen and oxygen atoms in total. The average molecular weight is 249 g/mol. The van der Waals surface area contributed by atoms with Gasteiger partial charge in [-0.2, -0.15) is 0 Å². The third-order valence-electron chi connectivity index (χ3n) is 2.27. The van der Waals surface area contributed by atoms with Crippen molar-refractivity contribution in [3.8, 4) is 0 Å². The molecule has 0 aromatic heterocycles. The molecule has 0 aliphatic carbocycles. The molecule has 0 radical (unpaired) electrons. The van der Waals surface area contributed by atoms with Gasteiger partial charge in [-0.05, 0) is 12.1 Å². The number of carbonyl (C=O) groups excluding carboxylic acids is 2. The van der Waals surface area contributed by atoms with Gasteiger partial charge in [0.2, 0.25) is 5.91 Å². The van der Waals surface area contributed by atoms with Crippen LogP contribution in [0.3, 0.4) is 0 Å². The molecule has 3 amide bonds. The molecule has 0 aliphatic heterocycles. The van der Waals surface area contributed by atoms with Crippen LogP contribution in [0.25, 0.3) is 0 Å². The molecule has 3 N–H and O–H groups in total. The molecule has 1 aromatic rings. The van der Waals surface area contributed by atoms with Crippen molar-refractivity contribution in [3.05, 3.63) is 30.3 Å². The van der Waals surface area contributed by atoms with Crippen LogP contribution in [-0.2, 0) is 4.79 Å². The van der Waals surface area contributed by atoms with E-state index in [0.29, 0.717) is 13.1 Å². The molecule has 18 heavy (non-hydrogen) atoms. The van der Waals surface area contributed by atoms with Gasteiger partial charge in [0.15, 0.2) is 0 Å². The molecule has 0 bridgehead atoms. The lowest BCUT2D eigenvalue weighted by Gasteiger charge is -2.09. The molecule has 0 saturated heterocycles. The molecule has 0 unspecified atom stereocenters. The third-order valence-corrected chi connectivity index (χ3v) is 2.27. The Balaban J connectivity index is 2.16. The van der Waals surface area contributed by atoms with E-state index < -0.39 is 0 Å². The highest BCUT2D eigenvalue weighted by molar-refractivity contribution is 5.89. The number of nitrogens with one attached hydrogen (secondary N) is 3. The summed E-state index contributed by atoms with van der Waals surface area (Å²) in [6.45, 7) is 4.48. The van der Waals surface area contributed by atoms with Crippen LogP contribution in [0.1, 0.15) is 13.8 Å². The van der Waals surface area contributed by atoms with Crippen LogP contribution in [0.2, 0.25) is 0 Å². The monoisotopic (exact) mass is 249 g/mol. The number of hydrogen-bond acceptors (Lipinski definition) is 2. The SMILES string of the molecule is CC(C)C(=O)NCCNC(=O)Nc1ccccc1. The Morgan fingerprint density at radius 1 is 1.06 bits per heavy atom. The second-order valence-corrected chi connectivity index (χ2v) is 4.19. The van der Waals surface area contributed by atoms with E-state index in [4.69, 9.17) is 0 Å². The second-order valence-electron chi connectivity index (χ2n) is 4.19. The Kier molecular flexibility index (Phi) is 5.70. The van der Waals surface area contributed by atoms with Crippen molar-refractivity contribution >= 4 is 17.6 Å². The molecule has 0 spiro atoms. The van der Waals surface area contributed by atoms with E-state index >= 15 is 0 Å². The maximum absolute atomic E-state index is 11.5. The molecular weight excluding hydrogens is 230 g/mol. The highest BCUT2D eigenvalue weighted by atomic mass is 16.2. The summed E-state index contributed by atoms with van der Waals surface area (Å²) in [5, 5.41) is 8.07. The minimum absolute atomic E-state index is 0.0136. The Bertz CT molecular complexity index is 390. The fourth-order valence-electron chi connectivity index (χ4n) is 1.26. The number of rotatable bonds is 5. The molecule has 0 aliphatic rings. The van der Waals surface area contributed by atoms with Gasteiger partial charge in [-0.15, -0.1) is 0 Å². The first kappa shape index (κ1) is 14.0. The van der Waals surface area contributed by atoms with Crippen LogP contribution in [-0.4, -0.2) is 25.0 Å². The summed E-state index contributed by atoms with van der Waals surface area (Å²) in [6, 6.07) is 8.90. The van der Waals surface area contributed by atoms with Gasteiger partial charge in [0.05, 0.1) is 0 Å². The van der Waals surface area contributed by atoms with Crippen molar-refractivity contribution in [3.63, 3.8) is 0 Å². The van der Waals surface area contributed by atoms with Gasteiger partial charge in [-0.1, -0.05) is 32.0 Å². The van der Waals surface area contributed by atoms with Gasteiger partial charge in [0.1, 0.15) is 0 Å². The minimum Gasteiger partial charge on any atom is -0.354 e. The summed E-state index contributed by atoms with van der Waals surface area (Å²) >= 11 is 0. The number of carbonyl (C=O) groups is 2. The van der Waals surface area contributed by atoms with Crippen molar-refractivity contribution in [2.45, 2.75) is 13.8 Å². The van der Waals surface area contributed by atoms with Crippen LogP contribution in [0, 0.1) is 5.92 Å². The summed E-state index contributed by atoms with van der Waals surface area (Å²) in [7, 11) is 0. The molecule has 1 aromatic carbocycles. The number of urea groups is 1. The van der Waals surface area contributed by atoms with Gasteiger partial charge in [0.25, 0.3) is 0 Å². The Hall–Kier alpha value is -2.04. The predicted molar refractivity (Wildman–Crippen MR) is 71.3 cm³/mol. The predicted octanol–water partition coefficient (Wildman–Crippen LogP) is 1.58. The van der Waals surface area contributed by atoms with Gasteiger partial charge >= 0.3 is 6.03 Å². The van der Waals surface area contributed by atoms with Gasteiger partial charge in [-0.3, -0.25) is 4.79 Å². The van der Waals surface area contributed by atoms with Crippen molar-refractivity contribution < 1.29 is 9.59 Å². The van der Waals surface area contributed by atoms with E-state index in [2.05, 4.69) is 16.0 Å². The van der Waals surface area contributed by atoms with Crippen LogP contribution in [0.4, 0.5) is 10.5 Å². The van der Waals surface area contributed by atoms with E-state index in [0.717, 1.165) is 5.69 Å². The molecule has 0 heterocycles. The molecule has 0 saturated carbocycles. The third kappa shape index (κ3) is 5.34. The molecule has 5 heteroatoms. The summed E-state index contributed by atoms with van der Waals surface area (Å²) in [4.78, 5) is 22.7. The fourth-order valence-corrected chi connectivity index (χ4v) is 1.26. The van der Waals surface area contributed by atoms with E-state index in [-0.39, 0.29) is 17.9 Å². The number of amides is 3. The summed E-state index contributed by atoms with van der Waals surface area (Å²) in [5.41, 5.74) is 0.737. The number of anilines is 1. The van der Waals surface area contributed by atoms with Gasteiger partial charge in [0, 0.05) is 24.7 Å². The van der Waals surface area contributed by atoms with Crippen LogP contribution in [0.5, 0.6) is 0 Å². The standard InChI is InChI=1S/C13H19N3O2/c1-10(2)12(17)14-8-9-15-13(18)16-11-6-4-3-5-7-11/h3-7,10H,8-9H2,1-2H3,(H,14,17)(H2,15,16,18). The Morgan fingerprint density at radius 2 is 1.67 bits per heavy atom. The highest BCUT2D eigenvalue weighted by Gasteiger charge is 2.05. The Morgan fingerprint density at radius 3 is 2.28 bits per heavy atom. The number of benzene rings is 1. The smallest absolute Gasteiger partial charge is 0.319 e. The van der Waals surface area contributed by atoms with Gasteiger partial charge in [-0.25, -0.2) is 4.79 Å². The summed E-state index contributed by atoms with van der Waals surface area (Å²) in [6.07, 6.45) is 0. The topological polar surface area (TPSA) is 70.2 Å². The molecule has 0 fully saturated rings. The first-order chi connectivity index (χ1) is 8.59. The zero-order valence-electron chi connectivity index (χ0n) is 10.7. The van der Waals surface area contributed by atoms with E-state index in [1.54, 1.807) is 12.1 Å². The second kappa shape index (κ2) is 7.32. The lowest BCUT2D eigenvalue weighted by molar-refractivity contribution is -0.123. The Labute approximate surface area is 107 Å². The number of para-hydroxylation sites is 1. The van der Waals surface area contributed by atoms with Crippen molar-refractivity contribution in [1.29, 1.82) is 0 Å². The quantitative estimate of drug-likeness (QED) is 0.693. The average Bonchev–Trinajstić information content (AvgIpc) is 2.35. The molecule has 98 valence electrons. The minimum atomic E-state index is -0.278. The normalized spacial score (nSPS) is 9.94. The highest BCUT2D eigenvalue weighted by Crippen LogP contribution is 2.03. The number of hydrogen-bond donors (Lipinski definition) is 3. The largest absolute Gasteiger partial charge is 0.354 e. The zero-order valence-corrected chi connectivity index (χ0v) is 10.7. The van der Waals surface area contributed by atoms with Crippen molar-refractivity contribution in [2.24, 2.45) is 5.92 Å². The lowest BCUT2D eigenvalue weighted by Crippen LogP contribution is -2.38. The molecular formula is C13H19N3O2. The van der Waals surface area contributed by atoms with Gasteiger partial charge < -0.3 is 16.0 Å². The van der Waals surface area contributed by atoms with Crippen molar-refractivity contribution in [2.75, 3.05) is 18.4 Å². The summed E-state index contributed by atoms with van der Waals surface area (Å²) < 4.78 is 0. The fraction of sp³-hybridized carbons (Fsp3) is 0.385. The zero-order chi connectivity index (χ0) is 13.4. The first-order valence-corrected chi connectivity index (χ1v) is 5.97.